The zero-order chi connectivity index (χ0) is 15.4. The highest BCUT2D eigenvalue weighted by Gasteiger charge is 2.08. The monoisotopic (exact) mass is 324 g/mol. The highest BCUT2D eigenvalue weighted by Crippen LogP contribution is 2.25. The minimum atomic E-state index is 0.595. The molecule has 0 radical (unpaired) electrons. The van der Waals surface area contributed by atoms with Gasteiger partial charge in [-0.3, -0.25) is 0 Å². The summed E-state index contributed by atoms with van der Waals surface area (Å²) < 4.78 is 0. The second kappa shape index (κ2) is 6.83. The molecule has 0 aliphatic carbocycles. The predicted octanol–water partition coefficient (Wildman–Crippen LogP) is 4.60. The number of aromatic nitrogens is 2. The molecule has 0 aliphatic heterocycles. The number of terminal acetylenes is 1. The van der Waals surface area contributed by atoms with Crippen LogP contribution in [0.2, 0.25) is 5.02 Å². The van der Waals surface area contributed by atoms with Crippen LogP contribution in [0.25, 0.3) is 10.9 Å². The highest BCUT2D eigenvalue weighted by molar-refractivity contribution is 7.99. The maximum Gasteiger partial charge on any atom is 0.134 e. The van der Waals surface area contributed by atoms with Crippen LogP contribution in [0, 0.1) is 12.3 Å². The minimum absolute atomic E-state index is 0.595. The van der Waals surface area contributed by atoms with Crippen LogP contribution in [0.5, 0.6) is 0 Å². The third-order valence-electron chi connectivity index (χ3n) is 3.16. The summed E-state index contributed by atoms with van der Waals surface area (Å²) in [7, 11) is 0. The third kappa shape index (κ3) is 3.41. The van der Waals surface area contributed by atoms with E-state index in [9.17, 15) is 0 Å². The topological polar surface area (TPSA) is 25.8 Å². The molecule has 1 heterocycles. The lowest BCUT2D eigenvalue weighted by Crippen LogP contribution is -1.99. The van der Waals surface area contributed by atoms with Crippen molar-refractivity contribution in [3.8, 4) is 12.3 Å². The second-order valence-electron chi connectivity index (χ2n) is 4.76. The molecule has 1 aromatic heterocycles. The number of para-hydroxylation sites is 1. The van der Waals surface area contributed by atoms with Crippen molar-refractivity contribution >= 4 is 34.3 Å². The normalized spacial score (nSPS) is 10.5. The molecule has 0 saturated heterocycles. The van der Waals surface area contributed by atoms with Crippen LogP contribution in [0.3, 0.4) is 0 Å². The van der Waals surface area contributed by atoms with E-state index in [0.29, 0.717) is 12.2 Å². The molecule has 2 nitrogen and oxygen atoms in total. The minimum Gasteiger partial charge on any atom is -0.232 e. The van der Waals surface area contributed by atoms with Crippen molar-refractivity contribution in [2.24, 2.45) is 0 Å². The van der Waals surface area contributed by atoms with Gasteiger partial charge in [0.1, 0.15) is 10.9 Å². The van der Waals surface area contributed by atoms with E-state index in [1.807, 2.05) is 48.5 Å². The molecule has 0 saturated carbocycles. The Kier molecular flexibility index (Phi) is 4.62. The molecule has 0 bridgehead atoms. The van der Waals surface area contributed by atoms with Gasteiger partial charge < -0.3 is 0 Å². The van der Waals surface area contributed by atoms with E-state index >= 15 is 0 Å². The molecule has 22 heavy (non-hydrogen) atoms. The maximum atomic E-state index is 6.04. The van der Waals surface area contributed by atoms with Crippen molar-refractivity contribution in [1.82, 2.24) is 9.97 Å². The fraction of sp³-hybridized carbons (Fsp3) is 0.111. The summed E-state index contributed by atoms with van der Waals surface area (Å²) in [4.78, 5) is 9.33. The summed E-state index contributed by atoms with van der Waals surface area (Å²) in [5.74, 6) is 4.02. The van der Waals surface area contributed by atoms with Gasteiger partial charge in [0.25, 0.3) is 0 Å². The molecule has 0 N–H and O–H groups in total. The largest absolute Gasteiger partial charge is 0.232 e. The van der Waals surface area contributed by atoms with Crippen LogP contribution in [-0.4, -0.2) is 15.7 Å². The Hall–Kier alpha value is -2.02. The summed E-state index contributed by atoms with van der Waals surface area (Å²) in [5, 5.41) is 2.69. The molecule has 0 amide bonds. The number of benzene rings is 2. The number of thioether (sulfide) groups is 1. The fourth-order valence-corrected chi connectivity index (χ4v) is 3.15. The Labute approximate surface area is 138 Å². The van der Waals surface area contributed by atoms with Crippen molar-refractivity contribution in [3.05, 3.63) is 64.9 Å². The smallest absolute Gasteiger partial charge is 0.134 e. The summed E-state index contributed by atoms with van der Waals surface area (Å²) in [6.07, 6.45) is 6.02. The standard InChI is InChI=1S/C18H13ClN2S/c1-2-10-22-18-15-8-3-4-9-16(15)20-17(21-18)12-13-6-5-7-14(19)11-13/h1,3-9,11H,10,12H2. The SMILES string of the molecule is C#CCSc1nc(Cc2cccc(Cl)c2)nc2ccccc12. The van der Waals surface area contributed by atoms with Crippen molar-refractivity contribution in [1.29, 1.82) is 0 Å². The first-order valence-corrected chi connectivity index (χ1v) is 8.19. The van der Waals surface area contributed by atoms with Crippen LogP contribution in [0.4, 0.5) is 0 Å². The van der Waals surface area contributed by atoms with E-state index in [-0.39, 0.29) is 0 Å². The molecular weight excluding hydrogens is 312 g/mol. The van der Waals surface area contributed by atoms with Crippen molar-refractivity contribution in [2.45, 2.75) is 11.4 Å². The number of halogens is 1. The molecule has 2 aromatic carbocycles. The molecule has 0 spiro atoms. The number of rotatable bonds is 4. The molecule has 0 aliphatic rings. The van der Waals surface area contributed by atoms with E-state index in [0.717, 1.165) is 32.3 Å². The molecule has 3 rings (SSSR count). The first kappa shape index (κ1) is 14.9. The van der Waals surface area contributed by atoms with Gasteiger partial charge in [-0.25, -0.2) is 9.97 Å². The lowest BCUT2D eigenvalue weighted by molar-refractivity contribution is 0.942. The van der Waals surface area contributed by atoms with E-state index in [2.05, 4.69) is 15.9 Å². The Balaban J connectivity index is 2.01. The van der Waals surface area contributed by atoms with Crippen LogP contribution in [0.15, 0.2) is 53.6 Å². The average molecular weight is 325 g/mol. The average Bonchev–Trinajstić information content (AvgIpc) is 2.52. The lowest BCUT2D eigenvalue weighted by Gasteiger charge is -2.07. The van der Waals surface area contributed by atoms with Crippen molar-refractivity contribution in [2.75, 3.05) is 5.75 Å². The van der Waals surface area contributed by atoms with Crippen molar-refractivity contribution in [3.63, 3.8) is 0 Å². The summed E-state index contributed by atoms with van der Waals surface area (Å²) in [6.45, 7) is 0. The number of hydrogen-bond donors (Lipinski definition) is 0. The number of nitrogens with zero attached hydrogens (tertiary/aromatic N) is 2. The quantitative estimate of drug-likeness (QED) is 0.398. The highest BCUT2D eigenvalue weighted by atomic mass is 35.5. The van der Waals surface area contributed by atoms with E-state index < -0.39 is 0 Å². The van der Waals surface area contributed by atoms with Gasteiger partial charge in [-0.1, -0.05) is 59.6 Å². The molecule has 0 fully saturated rings. The fourth-order valence-electron chi connectivity index (χ4n) is 2.22. The molecule has 0 atom stereocenters. The van der Waals surface area contributed by atoms with E-state index in [4.69, 9.17) is 18.0 Å². The lowest BCUT2D eigenvalue weighted by atomic mass is 10.1. The van der Waals surface area contributed by atoms with E-state index in [1.165, 1.54) is 0 Å². The zero-order valence-corrected chi connectivity index (χ0v) is 13.4. The predicted molar refractivity (Wildman–Crippen MR) is 93.4 cm³/mol. The summed E-state index contributed by atoms with van der Waals surface area (Å²) >= 11 is 7.60. The number of fused-ring (bicyclic) bond motifs is 1. The molecule has 0 unspecified atom stereocenters. The van der Waals surface area contributed by atoms with Crippen LogP contribution in [-0.2, 0) is 6.42 Å². The Bertz CT molecular complexity index is 855. The van der Waals surface area contributed by atoms with Gasteiger partial charge in [-0.15, -0.1) is 6.42 Å². The van der Waals surface area contributed by atoms with Crippen LogP contribution in [0.1, 0.15) is 11.4 Å². The molecular formula is C18H13ClN2S. The first-order valence-electron chi connectivity index (χ1n) is 6.82. The number of hydrogen-bond acceptors (Lipinski definition) is 3. The van der Waals surface area contributed by atoms with Gasteiger partial charge in [-0.2, -0.15) is 0 Å². The van der Waals surface area contributed by atoms with E-state index in [1.54, 1.807) is 11.8 Å². The second-order valence-corrected chi connectivity index (χ2v) is 6.16. The Morgan fingerprint density at radius 2 is 1.95 bits per heavy atom. The Morgan fingerprint density at radius 1 is 1.09 bits per heavy atom. The maximum absolute atomic E-state index is 6.04. The van der Waals surface area contributed by atoms with Gasteiger partial charge in [0, 0.05) is 16.8 Å². The molecule has 108 valence electrons. The van der Waals surface area contributed by atoms with Gasteiger partial charge >= 0.3 is 0 Å². The van der Waals surface area contributed by atoms with Gasteiger partial charge in [-0.05, 0) is 23.8 Å². The van der Waals surface area contributed by atoms with Crippen molar-refractivity contribution < 1.29 is 0 Å². The Morgan fingerprint density at radius 3 is 2.77 bits per heavy atom. The summed E-state index contributed by atoms with van der Waals surface area (Å²) in [6, 6.07) is 15.8. The third-order valence-corrected chi connectivity index (χ3v) is 4.29. The first-order chi connectivity index (χ1) is 10.8. The summed E-state index contributed by atoms with van der Waals surface area (Å²) in [5.41, 5.74) is 2.03. The molecule has 3 aromatic rings. The zero-order valence-electron chi connectivity index (χ0n) is 11.8. The van der Waals surface area contributed by atoms with Crippen LogP contribution >= 0.6 is 23.4 Å². The van der Waals surface area contributed by atoms with Gasteiger partial charge in [0.15, 0.2) is 0 Å². The van der Waals surface area contributed by atoms with Crippen LogP contribution < -0.4 is 0 Å². The molecule has 4 heteroatoms. The van der Waals surface area contributed by atoms with Gasteiger partial charge in [0.05, 0.1) is 11.3 Å². The van der Waals surface area contributed by atoms with Gasteiger partial charge in [0.2, 0.25) is 0 Å².